The van der Waals surface area contributed by atoms with Gasteiger partial charge in [-0.2, -0.15) is 5.10 Å². The van der Waals surface area contributed by atoms with E-state index in [1.54, 1.807) is 20.1 Å². The highest BCUT2D eigenvalue weighted by atomic mass is 16.6. The topological polar surface area (TPSA) is 123 Å². The number of hydrogen-bond acceptors (Lipinski definition) is 6. The number of rotatable bonds is 8. The molecule has 0 fully saturated rings. The normalized spacial score (nSPS) is 10.9. The zero-order chi connectivity index (χ0) is 20.5. The van der Waals surface area contributed by atoms with Crippen LogP contribution >= 0.6 is 0 Å². The monoisotopic (exact) mass is 384 g/mol. The van der Waals surface area contributed by atoms with Gasteiger partial charge in [-0.25, -0.2) is 5.43 Å². The van der Waals surface area contributed by atoms with Gasteiger partial charge in [-0.3, -0.25) is 19.7 Å². The molecule has 0 heterocycles. The summed E-state index contributed by atoms with van der Waals surface area (Å²) in [6.45, 7) is 1.90. The molecule has 0 radical (unpaired) electrons. The van der Waals surface area contributed by atoms with Gasteiger partial charge in [0.25, 0.3) is 11.6 Å². The molecular formula is C19H20N4O5. The zero-order valence-corrected chi connectivity index (χ0v) is 15.5. The molecule has 146 valence electrons. The molecule has 2 aromatic carbocycles. The smallest absolute Gasteiger partial charge is 0.271 e. The minimum Gasteiger partial charge on any atom is -0.496 e. The van der Waals surface area contributed by atoms with Crippen LogP contribution in [0.3, 0.4) is 0 Å². The second kappa shape index (κ2) is 9.81. The van der Waals surface area contributed by atoms with Crippen molar-refractivity contribution < 1.29 is 19.2 Å². The van der Waals surface area contributed by atoms with Gasteiger partial charge in [-0.05, 0) is 19.1 Å². The second-order valence-corrected chi connectivity index (χ2v) is 5.86. The maximum absolute atomic E-state index is 12.0. The van der Waals surface area contributed by atoms with E-state index in [2.05, 4.69) is 15.8 Å². The van der Waals surface area contributed by atoms with Crippen molar-refractivity contribution in [3.05, 3.63) is 69.8 Å². The Kier molecular flexibility index (Phi) is 7.21. The molecule has 0 bridgehead atoms. The maximum atomic E-state index is 12.0. The first-order chi connectivity index (χ1) is 13.4. The predicted octanol–water partition coefficient (Wildman–Crippen LogP) is 2.42. The Balaban J connectivity index is 1.88. The summed E-state index contributed by atoms with van der Waals surface area (Å²) in [7, 11) is 1.56. The van der Waals surface area contributed by atoms with Crippen molar-refractivity contribution >= 4 is 23.2 Å². The van der Waals surface area contributed by atoms with Gasteiger partial charge in [0.15, 0.2) is 0 Å². The largest absolute Gasteiger partial charge is 0.496 e. The van der Waals surface area contributed by atoms with Crippen molar-refractivity contribution in [1.29, 1.82) is 0 Å². The second-order valence-electron chi connectivity index (χ2n) is 5.86. The van der Waals surface area contributed by atoms with E-state index < -0.39 is 10.8 Å². The van der Waals surface area contributed by atoms with E-state index in [-0.39, 0.29) is 23.6 Å². The minimum absolute atomic E-state index is 0.00956. The van der Waals surface area contributed by atoms with Crippen LogP contribution in [0, 0.1) is 10.1 Å². The average Bonchev–Trinajstić information content (AvgIpc) is 2.70. The van der Waals surface area contributed by atoms with Crippen LogP contribution in [0.15, 0.2) is 53.6 Å². The van der Waals surface area contributed by atoms with Gasteiger partial charge in [-0.1, -0.05) is 24.3 Å². The highest BCUT2D eigenvalue weighted by Gasteiger charge is 2.11. The van der Waals surface area contributed by atoms with Crippen LogP contribution in [-0.4, -0.2) is 29.6 Å². The Morgan fingerprint density at radius 3 is 2.64 bits per heavy atom. The van der Waals surface area contributed by atoms with E-state index in [1.807, 2.05) is 18.2 Å². The van der Waals surface area contributed by atoms with Crippen LogP contribution in [0.1, 0.15) is 29.3 Å². The summed E-state index contributed by atoms with van der Waals surface area (Å²) >= 11 is 0. The van der Waals surface area contributed by atoms with Gasteiger partial charge in [-0.15, -0.1) is 0 Å². The number of methoxy groups -OCH3 is 1. The molecule has 0 aromatic heterocycles. The lowest BCUT2D eigenvalue weighted by atomic mass is 10.2. The Morgan fingerprint density at radius 1 is 1.18 bits per heavy atom. The third-order valence-corrected chi connectivity index (χ3v) is 3.75. The van der Waals surface area contributed by atoms with Gasteiger partial charge in [0.1, 0.15) is 5.75 Å². The van der Waals surface area contributed by atoms with Crippen LogP contribution in [0.4, 0.5) is 5.69 Å². The van der Waals surface area contributed by atoms with Crippen LogP contribution in [0.2, 0.25) is 0 Å². The molecular weight excluding hydrogens is 364 g/mol. The molecule has 0 spiro atoms. The van der Waals surface area contributed by atoms with Gasteiger partial charge in [0, 0.05) is 35.5 Å². The fourth-order valence-electron chi connectivity index (χ4n) is 2.35. The molecule has 0 aliphatic rings. The summed E-state index contributed by atoms with van der Waals surface area (Å²) in [5.41, 5.74) is 3.43. The number of hydrazone groups is 1. The predicted molar refractivity (Wildman–Crippen MR) is 103 cm³/mol. The Hall–Kier alpha value is -3.75. The molecule has 2 amide bonds. The van der Waals surface area contributed by atoms with E-state index in [0.29, 0.717) is 18.0 Å². The van der Waals surface area contributed by atoms with Crippen molar-refractivity contribution in [2.45, 2.75) is 19.9 Å². The number of benzene rings is 2. The number of para-hydroxylation sites is 1. The summed E-state index contributed by atoms with van der Waals surface area (Å²) in [5, 5.41) is 17.4. The molecule has 2 rings (SSSR count). The third kappa shape index (κ3) is 5.90. The van der Waals surface area contributed by atoms with E-state index in [0.717, 1.165) is 11.6 Å². The number of non-ortho nitro benzene ring substituents is 1. The first-order valence-corrected chi connectivity index (χ1v) is 8.37. The van der Waals surface area contributed by atoms with Crippen molar-refractivity contribution in [3.63, 3.8) is 0 Å². The van der Waals surface area contributed by atoms with E-state index in [1.165, 1.54) is 18.2 Å². The summed E-state index contributed by atoms with van der Waals surface area (Å²) < 4.78 is 5.22. The average molecular weight is 384 g/mol. The first-order valence-electron chi connectivity index (χ1n) is 8.37. The van der Waals surface area contributed by atoms with Gasteiger partial charge >= 0.3 is 0 Å². The first kappa shape index (κ1) is 20.6. The lowest BCUT2D eigenvalue weighted by Gasteiger charge is -2.09. The number of nitro benzene ring substituents is 1. The van der Waals surface area contributed by atoms with E-state index in [4.69, 9.17) is 4.74 Å². The molecule has 28 heavy (non-hydrogen) atoms. The molecule has 0 saturated carbocycles. The summed E-state index contributed by atoms with van der Waals surface area (Å²) in [6.07, 6.45) is -0.00956. The van der Waals surface area contributed by atoms with Gasteiger partial charge < -0.3 is 10.1 Å². The number of nitro groups is 1. The fraction of sp³-hybridized carbons (Fsp3) is 0.211. The molecule has 2 aromatic rings. The molecule has 0 saturated heterocycles. The highest BCUT2D eigenvalue weighted by molar-refractivity contribution is 6.01. The highest BCUT2D eigenvalue weighted by Crippen LogP contribution is 2.16. The molecule has 0 aliphatic carbocycles. The SMILES string of the molecule is COc1ccccc1CNC(=O)C/C(C)=N\NC(=O)c1cccc([N+](=O)[O-])c1. The molecule has 9 heteroatoms. The van der Waals surface area contributed by atoms with Crippen molar-refractivity contribution in [3.8, 4) is 5.75 Å². The standard InChI is InChI=1S/C19H20N4O5/c1-13(10-18(24)20-12-15-6-3-4-9-17(15)28-2)21-22-19(25)14-7-5-8-16(11-14)23(26)27/h3-9,11H,10,12H2,1-2H3,(H,20,24)(H,22,25)/b21-13-. The number of nitrogens with zero attached hydrogens (tertiary/aromatic N) is 2. The maximum Gasteiger partial charge on any atom is 0.271 e. The van der Waals surface area contributed by atoms with E-state index >= 15 is 0 Å². The number of hydrogen-bond donors (Lipinski definition) is 2. The van der Waals surface area contributed by atoms with Crippen molar-refractivity contribution in [1.82, 2.24) is 10.7 Å². The fourth-order valence-corrected chi connectivity index (χ4v) is 2.35. The van der Waals surface area contributed by atoms with Crippen LogP contribution in [0.25, 0.3) is 0 Å². The molecule has 0 unspecified atom stereocenters. The van der Waals surface area contributed by atoms with E-state index in [9.17, 15) is 19.7 Å². The lowest BCUT2D eigenvalue weighted by molar-refractivity contribution is -0.384. The quantitative estimate of drug-likeness (QED) is 0.411. The minimum atomic E-state index is -0.600. The number of ether oxygens (including phenoxy) is 1. The van der Waals surface area contributed by atoms with Gasteiger partial charge in [0.05, 0.1) is 18.5 Å². The Labute approximate surface area is 161 Å². The van der Waals surface area contributed by atoms with Crippen molar-refractivity contribution in [2.75, 3.05) is 7.11 Å². The summed E-state index contributed by atoms with van der Waals surface area (Å²) in [4.78, 5) is 34.3. The third-order valence-electron chi connectivity index (χ3n) is 3.75. The summed E-state index contributed by atoms with van der Waals surface area (Å²) in [5.74, 6) is -0.188. The number of carbonyl (C=O) groups is 2. The summed E-state index contributed by atoms with van der Waals surface area (Å²) in [6, 6.07) is 12.6. The number of amides is 2. The van der Waals surface area contributed by atoms with Crippen LogP contribution < -0.4 is 15.5 Å². The lowest BCUT2D eigenvalue weighted by Crippen LogP contribution is -2.26. The van der Waals surface area contributed by atoms with Crippen molar-refractivity contribution in [2.24, 2.45) is 5.10 Å². The van der Waals surface area contributed by atoms with Gasteiger partial charge in [0.2, 0.25) is 5.91 Å². The number of nitrogens with one attached hydrogen (secondary N) is 2. The van der Waals surface area contributed by atoms with Crippen LogP contribution in [0.5, 0.6) is 5.75 Å². The Morgan fingerprint density at radius 2 is 1.93 bits per heavy atom. The molecule has 2 N–H and O–H groups in total. The number of carbonyl (C=O) groups excluding carboxylic acids is 2. The Bertz CT molecular complexity index is 911. The molecule has 0 atom stereocenters. The zero-order valence-electron chi connectivity index (χ0n) is 15.5. The van der Waals surface area contributed by atoms with Crippen LogP contribution in [-0.2, 0) is 11.3 Å². The molecule has 0 aliphatic heterocycles. The molecule has 9 nitrogen and oxygen atoms in total.